The molecule has 2 rings (SSSR count). The average Bonchev–Trinajstić information content (AvgIpc) is 2.40. The van der Waals surface area contributed by atoms with E-state index >= 15 is 0 Å². The number of benzene rings is 1. The Kier molecular flexibility index (Phi) is 5.48. The van der Waals surface area contributed by atoms with Crippen LogP contribution in [0, 0.1) is 5.92 Å². The molecule has 0 saturated carbocycles. The number of nitrogens with zero attached hydrogens (tertiary/aromatic N) is 1. The van der Waals surface area contributed by atoms with Crippen molar-refractivity contribution in [3.05, 3.63) is 34.9 Å². The van der Waals surface area contributed by atoms with Gasteiger partial charge in [-0.1, -0.05) is 23.7 Å². The van der Waals surface area contributed by atoms with E-state index in [9.17, 15) is 0 Å². The molecule has 3 heteroatoms. The van der Waals surface area contributed by atoms with E-state index < -0.39 is 0 Å². The molecule has 0 amide bonds. The molecule has 1 aromatic carbocycles. The van der Waals surface area contributed by atoms with Crippen LogP contribution in [-0.2, 0) is 6.54 Å². The molecular weight excluding hydrogens is 244 g/mol. The highest BCUT2D eigenvalue weighted by molar-refractivity contribution is 6.30. The first-order valence-corrected chi connectivity index (χ1v) is 7.25. The van der Waals surface area contributed by atoms with Gasteiger partial charge < -0.3 is 10.2 Å². The molecular formula is C15H23ClN2. The molecule has 1 N–H and O–H groups in total. The van der Waals surface area contributed by atoms with Crippen LogP contribution in [-0.4, -0.2) is 31.6 Å². The molecule has 1 aromatic rings. The van der Waals surface area contributed by atoms with E-state index in [-0.39, 0.29) is 0 Å². The summed E-state index contributed by atoms with van der Waals surface area (Å²) in [4.78, 5) is 2.40. The van der Waals surface area contributed by atoms with Gasteiger partial charge in [-0.25, -0.2) is 0 Å². The Morgan fingerprint density at radius 2 is 2.11 bits per heavy atom. The van der Waals surface area contributed by atoms with E-state index in [1.807, 2.05) is 12.1 Å². The zero-order chi connectivity index (χ0) is 12.8. The van der Waals surface area contributed by atoms with Crippen LogP contribution in [0.15, 0.2) is 24.3 Å². The van der Waals surface area contributed by atoms with Crippen molar-refractivity contribution < 1.29 is 0 Å². The third-order valence-electron chi connectivity index (χ3n) is 3.68. The monoisotopic (exact) mass is 266 g/mol. The molecule has 1 aliphatic rings. The molecule has 2 nitrogen and oxygen atoms in total. The fourth-order valence-corrected chi connectivity index (χ4v) is 2.68. The van der Waals surface area contributed by atoms with Gasteiger partial charge in [0.05, 0.1) is 0 Å². The van der Waals surface area contributed by atoms with Crippen molar-refractivity contribution in [3.63, 3.8) is 0 Å². The van der Waals surface area contributed by atoms with Crippen molar-refractivity contribution in [1.82, 2.24) is 10.2 Å². The van der Waals surface area contributed by atoms with E-state index in [0.717, 1.165) is 17.5 Å². The van der Waals surface area contributed by atoms with Gasteiger partial charge >= 0.3 is 0 Å². The van der Waals surface area contributed by atoms with Crippen LogP contribution in [0.2, 0.25) is 5.02 Å². The molecule has 1 atom stereocenters. The largest absolute Gasteiger partial charge is 0.316 e. The second-order valence-electron chi connectivity index (χ2n) is 5.37. The van der Waals surface area contributed by atoms with Crippen LogP contribution in [0.1, 0.15) is 24.8 Å². The topological polar surface area (TPSA) is 15.3 Å². The molecule has 1 unspecified atom stereocenters. The predicted octanol–water partition coefficient (Wildman–Crippen LogP) is 3.16. The highest BCUT2D eigenvalue weighted by atomic mass is 35.5. The lowest BCUT2D eigenvalue weighted by Gasteiger charge is -2.25. The van der Waals surface area contributed by atoms with Crippen molar-refractivity contribution in [2.24, 2.45) is 5.92 Å². The maximum Gasteiger partial charge on any atom is 0.0406 e. The highest BCUT2D eigenvalue weighted by Gasteiger charge is 2.13. The van der Waals surface area contributed by atoms with Crippen molar-refractivity contribution >= 4 is 11.6 Å². The van der Waals surface area contributed by atoms with Gasteiger partial charge in [-0.05, 0) is 69.6 Å². The maximum absolute atomic E-state index is 5.89. The van der Waals surface area contributed by atoms with Gasteiger partial charge in [-0.2, -0.15) is 0 Å². The second-order valence-corrected chi connectivity index (χ2v) is 5.80. The van der Waals surface area contributed by atoms with Gasteiger partial charge in [0.15, 0.2) is 0 Å². The first-order valence-electron chi connectivity index (χ1n) is 6.88. The molecule has 100 valence electrons. The summed E-state index contributed by atoms with van der Waals surface area (Å²) in [5.74, 6) is 0.867. The number of rotatable bonds is 5. The van der Waals surface area contributed by atoms with E-state index in [4.69, 9.17) is 11.6 Å². The Bertz CT molecular complexity index is 344. The molecule has 18 heavy (non-hydrogen) atoms. The van der Waals surface area contributed by atoms with Gasteiger partial charge in [-0.15, -0.1) is 0 Å². The predicted molar refractivity (Wildman–Crippen MR) is 78.0 cm³/mol. The highest BCUT2D eigenvalue weighted by Crippen LogP contribution is 2.15. The lowest BCUT2D eigenvalue weighted by Crippen LogP contribution is -2.32. The summed E-state index contributed by atoms with van der Waals surface area (Å²) in [7, 11) is 2.20. The standard InChI is InChI=1S/C15H23ClN2/c1-18(10-8-13-3-2-9-17-11-13)12-14-4-6-15(16)7-5-14/h4-7,13,17H,2-3,8-12H2,1H3. The SMILES string of the molecule is CN(CCC1CCCNC1)Cc1ccc(Cl)cc1. The zero-order valence-electron chi connectivity index (χ0n) is 11.2. The van der Waals surface area contributed by atoms with Crippen LogP contribution < -0.4 is 5.32 Å². The minimum absolute atomic E-state index is 0.815. The molecule has 0 radical (unpaired) electrons. The lowest BCUT2D eigenvalue weighted by atomic mass is 9.96. The van der Waals surface area contributed by atoms with Crippen molar-refractivity contribution in [2.75, 3.05) is 26.7 Å². The Balaban J connectivity index is 1.71. The fraction of sp³-hybridized carbons (Fsp3) is 0.600. The van der Waals surface area contributed by atoms with E-state index in [1.165, 1.54) is 44.5 Å². The van der Waals surface area contributed by atoms with Crippen LogP contribution in [0.5, 0.6) is 0 Å². The van der Waals surface area contributed by atoms with Gasteiger partial charge in [0.25, 0.3) is 0 Å². The minimum Gasteiger partial charge on any atom is -0.316 e. The summed E-state index contributed by atoms with van der Waals surface area (Å²) in [6, 6.07) is 8.16. The van der Waals surface area contributed by atoms with Gasteiger partial charge in [-0.3, -0.25) is 0 Å². The summed E-state index contributed by atoms with van der Waals surface area (Å²) in [6.45, 7) is 4.60. The molecule has 0 bridgehead atoms. The normalized spacial score (nSPS) is 20.3. The number of hydrogen-bond acceptors (Lipinski definition) is 2. The molecule has 1 fully saturated rings. The van der Waals surface area contributed by atoms with Crippen molar-refractivity contribution in [3.8, 4) is 0 Å². The van der Waals surface area contributed by atoms with Crippen molar-refractivity contribution in [2.45, 2.75) is 25.8 Å². The molecule has 1 heterocycles. The molecule has 0 aliphatic carbocycles. The average molecular weight is 267 g/mol. The Morgan fingerprint density at radius 3 is 2.78 bits per heavy atom. The fourth-order valence-electron chi connectivity index (χ4n) is 2.55. The molecule has 0 spiro atoms. The molecule has 1 aliphatic heterocycles. The first kappa shape index (κ1) is 13.9. The summed E-state index contributed by atoms with van der Waals surface area (Å²) in [6.07, 6.45) is 4.03. The summed E-state index contributed by atoms with van der Waals surface area (Å²) >= 11 is 5.89. The first-order chi connectivity index (χ1) is 8.74. The Hall–Kier alpha value is -0.570. The van der Waals surface area contributed by atoms with Crippen LogP contribution >= 0.6 is 11.6 Å². The lowest BCUT2D eigenvalue weighted by molar-refractivity contribution is 0.268. The van der Waals surface area contributed by atoms with Crippen LogP contribution in [0.4, 0.5) is 0 Å². The number of hydrogen-bond donors (Lipinski definition) is 1. The Labute approximate surface area is 115 Å². The molecule has 0 aromatic heterocycles. The molecule has 1 saturated heterocycles. The minimum atomic E-state index is 0.815. The summed E-state index contributed by atoms with van der Waals surface area (Å²) in [5, 5.41) is 4.30. The van der Waals surface area contributed by atoms with Crippen LogP contribution in [0.25, 0.3) is 0 Å². The van der Waals surface area contributed by atoms with E-state index in [1.54, 1.807) is 0 Å². The number of piperidine rings is 1. The van der Waals surface area contributed by atoms with Crippen LogP contribution in [0.3, 0.4) is 0 Å². The smallest absolute Gasteiger partial charge is 0.0406 e. The van der Waals surface area contributed by atoms with Gasteiger partial charge in [0, 0.05) is 11.6 Å². The quantitative estimate of drug-likeness (QED) is 0.881. The Morgan fingerprint density at radius 1 is 1.33 bits per heavy atom. The van der Waals surface area contributed by atoms with Crippen molar-refractivity contribution in [1.29, 1.82) is 0 Å². The van der Waals surface area contributed by atoms with E-state index in [0.29, 0.717) is 0 Å². The number of nitrogens with one attached hydrogen (secondary N) is 1. The van der Waals surface area contributed by atoms with Gasteiger partial charge in [0.1, 0.15) is 0 Å². The van der Waals surface area contributed by atoms with E-state index in [2.05, 4.69) is 29.4 Å². The third kappa shape index (κ3) is 4.60. The maximum atomic E-state index is 5.89. The second kappa shape index (κ2) is 7.13. The summed E-state index contributed by atoms with van der Waals surface area (Å²) < 4.78 is 0. The zero-order valence-corrected chi connectivity index (χ0v) is 11.9. The number of halogens is 1. The third-order valence-corrected chi connectivity index (χ3v) is 3.94. The van der Waals surface area contributed by atoms with Gasteiger partial charge in [0.2, 0.25) is 0 Å². The summed E-state index contributed by atoms with van der Waals surface area (Å²) in [5.41, 5.74) is 1.34.